The number of carbonyl (C=O) groups is 3. The number of aryl methyl sites for hydroxylation is 1. The maximum Gasteiger partial charge on any atom is 0.348 e. The molecule has 162 valence electrons. The molecule has 0 aliphatic rings. The molecule has 0 fully saturated rings. The molecule has 0 spiro atoms. The van der Waals surface area contributed by atoms with Crippen molar-refractivity contribution >= 4 is 56.8 Å². The van der Waals surface area contributed by atoms with Crippen LogP contribution in [0.3, 0.4) is 0 Å². The molecule has 0 aliphatic carbocycles. The lowest BCUT2D eigenvalue weighted by molar-refractivity contribution is -0.143. The summed E-state index contributed by atoms with van der Waals surface area (Å²) in [6.45, 7) is 3.15. The van der Waals surface area contributed by atoms with Crippen LogP contribution in [0.25, 0.3) is 10.2 Å². The van der Waals surface area contributed by atoms with E-state index in [0.29, 0.717) is 31.2 Å². The number of esters is 2. The van der Waals surface area contributed by atoms with Crippen LogP contribution in [0.4, 0.5) is 5.82 Å². The van der Waals surface area contributed by atoms with E-state index in [1.165, 1.54) is 0 Å². The minimum atomic E-state index is -0.667. The summed E-state index contributed by atoms with van der Waals surface area (Å²) in [6, 6.07) is 6.24. The fraction of sp³-hybridized carbons (Fsp3) is 0.250. The van der Waals surface area contributed by atoms with Gasteiger partial charge in [0.1, 0.15) is 22.1 Å². The van der Waals surface area contributed by atoms with E-state index < -0.39 is 17.8 Å². The van der Waals surface area contributed by atoms with Crippen molar-refractivity contribution in [1.82, 2.24) is 15.3 Å². The van der Waals surface area contributed by atoms with Gasteiger partial charge in [-0.1, -0.05) is 11.6 Å². The first-order valence-corrected chi connectivity index (χ1v) is 10.4. The molecular weight excluding hydrogens is 444 g/mol. The Labute approximate surface area is 186 Å². The van der Waals surface area contributed by atoms with Crippen LogP contribution >= 0.6 is 22.9 Å². The third-order valence-electron chi connectivity index (χ3n) is 4.19. The van der Waals surface area contributed by atoms with E-state index in [2.05, 4.69) is 15.3 Å². The lowest BCUT2D eigenvalue weighted by Gasteiger charge is -2.07. The fourth-order valence-corrected chi connectivity index (χ4v) is 3.95. The number of hydrogen-bond donors (Lipinski definition) is 2. The van der Waals surface area contributed by atoms with Gasteiger partial charge in [-0.3, -0.25) is 9.59 Å². The van der Waals surface area contributed by atoms with Crippen molar-refractivity contribution in [2.75, 3.05) is 18.9 Å². The molecule has 2 aromatic heterocycles. The van der Waals surface area contributed by atoms with Crippen molar-refractivity contribution in [2.24, 2.45) is 0 Å². The van der Waals surface area contributed by atoms with E-state index in [1.807, 2.05) is 0 Å². The first-order chi connectivity index (χ1) is 14.8. The summed E-state index contributed by atoms with van der Waals surface area (Å²) in [6.07, 6.45) is 0. The van der Waals surface area contributed by atoms with Crippen molar-refractivity contribution in [3.8, 4) is 0 Å². The highest BCUT2D eigenvalue weighted by atomic mass is 35.5. The Morgan fingerprint density at radius 3 is 2.55 bits per heavy atom. The number of nitrogens with zero attached hydrogens (tertiary/aromatic N) is 2. The zero-order chi connectivity index (χ0) is 22.5. The van der Waals surface area contributed by atoms with E-state index in [9.17, 15) is 14.4 Å². The summed E-state index contributed by atoms with van der Waals surface area (Å²) in [4.78, 5) is 45.4. The van der Waals surface area contributed by atoms with Crippen LogP contribution in [-0.4, -0.2) is 41.0 Å². The van der Waals surface area contributed by atoms with Crippen LogP contribution < -0.4 is 11.1 Å². The highest BCUT2D eigenvalue weighted by Crippen LogP contribution is 2.33. The SMILES string of the molecule is CCOC(=O)c1sc2nc(COC(=O)CNC(=O)c3ccc(Cl)cc3)nc(N)c2c1C. The van der Waals surface area contributed by atoms with Gasteiger partial charge < -0.3 is 20.5 Å². The lowest BCUT2D eigenvalue weighted by atomic mass is 10.2. The lowest BCUT2D eigenvalue weighted by Crippen LogP contribution is -2.30. The highest BCUT2D eigenvalue weighted by molar-refractivity contribution is 7.20. The predicted molar refractivity (Wildman–Crippen MR) is 116 cm³/mol. The van der Waals surface area contributed by atoms with Gasteiger partial charge in [0.15, 0.2) is 12.4 Å². The van der Waals surface area contributed by atoms with Gasteiger partial charge in [-0.15, -0.1) is 11.3 Å². The summed E-state index contributed by atoms with van der Waals surface area (Å²) < 4.78 is 10.2. The number of ether oxygens (including phenoxy) is 2. The molecule has 0 radical (unpaired) electrons. The van der Waals surface area contributed by atoms with Crippen LogP contribution in [0, 0.1) is 6.92 Å². The van der Waals surface area contributed by atoms with Crippen molar-refractivity contribution in [3.63, 3.8) is 0 Å². The number of thiophene rings is 1. The number of amides is 1. The molecule has 0 bridgehead atoms. The largest absolute Gasteiger partial charge is 0.462 e. The number of rotatable bonds is 7. The number of nitrogens with one attached hydrogen (secondary N) is 1. The second-order valence-electron chi connectivity index (χ2n) is 6.33. The van der Waals surface area contributed by atoms with Gasteiger partial charge in [0, 0.05) is 10.6 Å². The van der Waals surface area contributed by atoms with E-state index in [4.69, 9.17) is 26.8 Å². The Hall–Kier alpha value is -3.24. The Morgan fingerprint density at radius 2 is 1.87 bits per heavy atom. The van der Waals surface area contributed by atoms with E-state index >= 15 is 0 Å². The van der Waals surface area contributed by atoms with Crippen LogP contribution in [0.5, 0.6) is 0 Å². The minimum absolute atomic E-state index is 0.177. The molecule has 3 aromatic rings. The third-order valence-corrected chi connectivity index (χ3v) is 5.60. The summed E-state index contributed by atoms with van der Waals surface area (Å²) in [5.41, 5.74) is 7.03. The highest BCUT2D eigenvalue weighted by Gasteiger charge is 2.21. The molecule has 9 nitrogen and oxygen atoms in total. The quantitative estimate of drug-likeness (QED) is 0.512. The maximum atomic E-state index is 12.1. The first-order valence-electron chi connectivity index (χ1n) is 9.22. The van der Waals surface area contributed by atoms with Crippen LogP contribution in [0.2, 0.25) is 5.02 Å². The first kappa shape index (κ1) is 22.4. The van der Waals surface area contributed by atoms with Crippen molar-refractivity contribution < 1.29 is 23.9 Å². The zero-order valence-electron chi connectivity index (χ0n) is 16.7. The Kier molecular flexibility index (Phi) is 7.03. The van der Waals surface area contributed by atoms with Gasteiger partial charge in [0.05, 0.1) is 12.0 Å². The number of aromatic nitrogens is 2. The molecule has 0 atom stereocenters. The molecule has 31 heavy (non-hydrogen) atoms. The monoisotopic (exact) mass is 462 g/mol. The van der Waals surface area contributed by atoms with Crippen molar-refractivity contribution in [2.45, 2.75) is 20.5 Å². The van der Waals surface area contributed by atoms with Gasteiger partial charge in [-0.25, -0.2) is 14.8 Å². The summed E-state index contributed by atoms with van der Waals surface area (Å²) in [5, 5.41) is 3.53. The number of carbonyl (C=O) groups excluding carboxylic acids is 3. The van der Waals surface area contributed by atoms with Gasteiger partial charge in [0.25, 0.3) is 5.91 Å². The molecule has 0 unspecified atom stereocenters. The Morgan fingerprint density at radius 1 is 1.16 bits per heavy atom. The van der Waals surface area contributed by atoms with Crippen molar-refractivity contribution in [1.29, 1.82) is 0 Å². The van der Waals surface area contributed by atoms with Gasteiger partial charge >= 0.3 is 11.9 Å². The summed E-state index contributed by atoms with van der Waals surface area (Å²) >= 11 is 6.92. The molecule has 3 rings (SSSR count). The molecule has 2 heterocycles. The van der Waals surface area contributed by atoms with Gasteiger partial charge in [-0.2, -0.15) is 0 Å². The normalized spacial score (nSPS) is 10.7. The predicted octanol–water partition coefficient (Wildman–Crippen LogP) is 2.89. The Balaban J connectivity index is 1.62. The second kappa shape index (κ2) is 9.71. The maximum absolute atomic E-state index is 12.1. The minimum Gasteiger partial charge on any atom is -0.462 e. The number of nitrogen functional groups attached to an aromatic ring is 1. The zero-order valence-corrected chi connectivity index (χ0v) is 18.3. The molecule has 0 aliphatic heterocycles. The average molecular weight is 463 g/mol. The van der Waals surface area contributed by atoms with Crippen LogP contribution in [-0.2, 0) is 20.9 Å². The van der Waals surface area contributed by atoms with E-state index in [0.717, 1.165) is 11.3 Å². The number of fused-ring (bicyclic) bond motifs is 1. The van der Waals surface area contributed by atoms with E-state index in [-0.39, 0.29) is 31.4 Å². The molecule has 1 amide bonds. The number of halogens is 1. The molecule has 11 heteroatoms. The van der Waals surface area contributed by atoms with Crippen molar-refractivity contribution in [3.05, 3.63) is 51.1 Å². The number of benzene rings is 1. The standard InChI is InChI=1S/C20H19ClN4O5S/c1-3-29-20(28)16-10(2)15-17(22)24-13(25-19(15)31-16)9-30-14(26)8-23-18(27)11-4-6-12(21)7-5-11/h4-7H,3,8-9H2,1-2H3,(H,23,27)(H2,22,24,25). The topological polar surface area (TPSA) is 134 Å². The molecular formula is C20H19ClN4O5S. The summed E-state index contributed by atoms with van der Waals surface area (Å²) in [5.74, 6) is -1.20. The van der Waals surface area contributed by atoms with Crippen LogP contribution in [0.1, 0.15) is 38.3 Å². The number of nitrogens with two attached hydrogens (primary N) is 1. The molecule has 0 saturated carbocycles. The second-order valence-corrected chi connectivity index (χ2v) is 7.77. The fourth-order valence-electron chi connectivity index (χ4n) is 2.72. The third kappa shape index (κ3) is 5.28. The number of anilines is 1. The summed E-state index contributed by atoms with van der Waals surface area (Å²) in [7, 11) is 0. The smallest absolute Gasteiger partial charge is 0.348 e. The average Bonchev–Trinajstić information content (AvgIpc) is 3.08. The molecule has 0 saturated heterocycles. The Bertz CT molecular complexity index is 1150. The molecule has 1 aromatic carbocycles. The van der Waals surface area contributed by atoms with Gasteiger partial charge in [-0.05, 0) is 43.7 Å². The molecule has 3 N–H and O–H groups in total. The van der Waals surface area contributed by atoms with Crippen LogP contribution in [0.15, 0.2) is 24.3 Å². The van der Waals surface area contributed by atoms with Gasteiger partial charge in [0.2, 0.25) is 0 Å². The number of hydrogen-bond acceptors (Lipinski definition) is 9. The van der Waals surface area contributed by atoms with E-state index in [1.54, 1.807) is 38.1 Å².